The molecular formula is C15H18N6. The summed E-state index contributed by atoms with van der Waals surface area (Å²) >= 11 is 0. The fourth-order valence-electron chi connectivity index (χ4n) is 2.64. The topological polar surface area (TPSA) is 83.8 Å². The van der Waals surface area contributed by atoms with Crippen molar-refractivity contribution in [3.63, 3.8) is 0 Å². The number of aromatic nitrogens is 3. The van der Waals surface area contributed by atoms with Crippen molar-refractivity contribution in [2.75, 3.05) is 13.1 Å². The Hall–Kier alpha value is -2.23. The first-order chi connectivity index (χ1) is 10.2. The van der Waals surface area contributed by atoms with Crippen LogP contribution in [-0.2, 0) is 18.6 Å². The predicted molar refractivity (Wildman–Crippen MR) is 77.8 cm³/mol. The lowest BCUT2D eigenvalue weighted by molar-refractivity contribution is 0.203. The van der Waals surface area contributed by atoms with Gasteiger partial charge in [-0.15, -0.1) is 10.2 Å². The van der Waals surface area contributed by atoms with Gasteiger partial charge in [0.05, 0.1) is 12.6 Å². The second-order valence-corrected chi connectivity index (χ2v) is 5.42. The van der Waals surface area contributed by atoms with E-state index in [0.29, 0.717) is 6.42 Å². The standard InChI is InChI=1S/C15H18N6/c16-11-15(17,13-4-2-1-3-5-13)6-7-20-8-9-21-12-18-19-14(21)10-20/h1-5,12H,6-10,17H2. The van der Waals surface area contributed by atoms with Crippen LogP contribution in [0.15, 0.2) is 36.7 Å². The van der Waals surface area contributed by atoms with Crippen LogP contribution in [0.2, 0.25) is 0 Å². The monoisotopic (exact) mass is 282 g/mol. The van der Waals surface area contributed by atoms with Crippen molar-refractivity contribution in [3.8, 4) is 6.07 Å². The molecule has 1 unspecified atom stereocenters. The van der Waals surface area contributed by atoms with Crippen molar-refractivity contribution < 1.29 is 0 Å². The van der Waals surface area contributed by atoms with Gasteiger partial charge in [0.1, 0.15) is 17.7 Å². The quantitative estimate of drug-likeness (QED) is 0.899. The summed E-state index contributed by atoms with van der Waals surface area (Å²) < 4.78 is 2.06. The largest absolute Gasteiger partial charge is 0.315 e. The fourth-order valence-corrected chi connectivity index (χ4v) is 2.64. The molecule has 0 bridgehead atoms. The first-order valence-corrected chi connectivity index (χ1v) is 7.06. The molecule has 2 heterocycles. The summed E-state index contributed by atoms with van der Waals surface area (Å²) in [6.45, 7) is 3.35. The number of rotatable bonds is 4. The molecule has 108 valence electrons. The van der Waals surface area contributed by atoms with Crippen LogP contribution in [0.4, 0.5) is 0 Å². The summed E-state index contributed by atoms with van der Waals surface area (Å²) in [5, 5.41) is 17.5. The van der Waals surface area contributed by atoms with E-state index in [0.717, 1.165) is 37.6 Å². The van der Waals surface area contributed by atoms with Gasteiger partial charge in [0, 0.05) is 19.6 Å². The minimum atomic E-state index is -0.938. The van der Waals surface area contributed by atoms with Crippen LogP contribution < -0.4 is 5.73 Å². The zero-order valence-electron chi connectivity index (χ0n) is 11.8. The number of fused-ring (bicyclic) bond motifs is 1. The van der Waals surface area contributed by atoms with Gasteiger partial charge in [-0.05, 0) is 12.0 Å². The van der Waals surface area contributed by atoms with E-state index in [4.69, 9.17) is 5.73 Å². The number of hydrogen-bond acceptors (Lipinski definition) is 5. The summed E-state index contributed by atoms with van der Waals surface area (Å²) in [5.74, 6) is 0.973. The second kappa shape index (κ2) is 5.64. The van der Waals surface area contributed by atoms with Gasteiger partial charge >= 0.3 is 0 Å². The number of nitriles is 1. The van der Waals surface area contributed by atoms with E-state index in [2.05, 4.69) is 25.7 Å². The summed E-state index contributed by atoms with van der Waals surface area (Å²) in [7, 11) is 0. The number of nitrogens with zero attached hydrogens (tertiary/aromatic N) is 5. The maximum atomic E-state index is 9.47. The lowest BCUT2D eigenvalue weighted by Gasteiger charge is -2.30. The molecule has 2 N–H and O–H groups in total. The average Bonchev–Trinajstić information content (AvgIpc) is 3.01. The van der Waals surface area contributed by atoms with Crippen molar-refractivity contribution in [1.82, 2.24) is 19.7 Å². The Bertz CT molecular complexity index is 644. The Morgan fingerprint density at radius 3 is 2.86 bits per heavy atom. The molecule has 1 aromatic heterocycles. The van der Waals surface area contributed by atoms with Crippen LogP contribution in [0.5, 0.6) is 0 Å². The molecule has 1 aromatic carbocycles. The van der Waals surface area contributed by atoms with E-state index in [1.54, 1.807) is 6.33 Å². The van der Waals surface area contributed by atoms with Crippen molar-refractivity contribution in [2.45, 2.75) is 25.0 Å². The molecule has 0 radical (unpaired) electrons. The predicted octanol–water partition coefficient (Wildman–Crippen LogP) is 0.862. The molecule has 1 aliphatic heterocycles. The summed E-state index contributed by atoms with van der Waals surface area (Å²) in [6, 6.07) is 11.8. The van der Waals surface area contributed by atoms with Crippen LogP contribution in [0, 0.1) is 11.3 Å². The Labute approximate surface area is 123 Å². The molecule has 0 saturated carbocycles. The summed E-state index contributed by atoms with van der Waals surface area (Å²) in [5.41, 5.74) is 6.22. The highest BCUT2D eigenvalue weighted by atomic mass is 15.3. The molecule has 0 amide bonds. The van der Waals surface area contributed by atoms with Crippen LogP contribution in [-0.4, -0.2) is 32.8 Å². The van der Waals surface area contributed by atoms with Crippen LogP contribution in [0.1, 0.15) is 17.8 Å². The van der Waals surface area contributed by atoms with E-state index in [-0.39, 0.29) is 0 Å². The van der Waals surface area contributed by atoms with Gasteiger partial charge in [0.25, 0.3) is 0 Å². The third-order valence-electron chi connectivity index (χ3n) is 4.03. The van der Waals surface area contributed by atoms with Gasteiger partial charge in [0.2, 0.25) is 0 Å². The highest BCUT2D eigenvalue weighted by Crippen LogP contribution is 2.22. The van der Waals surface area contributed by atoms with E-state index >= 15 is 0 Å². The molecule has 0 fully saturated rings. The van der Waals surface area contributed by atoms with Crippen molar-refractivity contribution in [1.29, 1.82) is 5.26 Å². The molecule has 0 saturated heterocycles. The van der Waals surface area contributed by atoms with Gasteiger partial charge in [-0.25, -0.2) is 0 Å². The van der Waals surface area contributed by atoms with E-state index < -0.39 is 5.54 Å². The molecule has 6 heteroatoms. The van der Waals surface area contributed by atoms with Crippen LogP contribution in [0.3, 0.4) is 0 Å². The smallest absolute Gasteiger partial charge is 0.147 e. The zero-order chi connectivity index (χ0) is 14.7. The van der Waals surface area contributed by atoms with Gasteiger partial charge in [-0.3, -0.25) is 4.90 Å². The SMILES string of the molecule is N#CC(N)(CCN1CCn2cnnc2C1)c1ccccc1. The van der Waals surface area contributed by atoms with Crippen LogP contribution >= 0.6 is 0 Å². The van der Waals surface area contributed by atoms with Crippen molar-refractivity contribution >= 4 is 0 Å². The normalized spacial score (nSPS) is 17.7. The van der Waals surface area contributed by atoms with Gasteiger partial charge < -0.3 is 10.3 Å². The Balaban J connectivity index is 1.66. The van der Waals surface area contributed by atoms with E-state index in [1.807, 2.05) is 30.3 Å². The maximum absolute atomic E-state index is 9.47. The van der Waals surface area contributed by atoms with Crippen molar-refractivity contribution in [3.05, 3.63) is 48.0 Å². The third kappa shape index (κ3) is 2.79. The molecular weight excluding hydrogens is 264 g/mol. The van der Waals surface area contributed by atoms with E-state index in [9.17, 15) is 5.26 Å². The average molecular weight is 282 g/mol. The molecule has 21 heavy (non-hydrogen) atoms. The first kappa shape index (κ1) is 13.7. The van der Waals surface area contributed by atoms with Gasteiger partial charge in [0.15, 0.2) is 0 Å². The first-order valence-electron chi connectivity index (χ1n) is 7.06. The Morgan fingerprint density at radius 2 is 2.10 bits per heavy atom. The molecule has 1 aliphatic rings. The zero-order valence-corrected chi connectivity index (χ0v) is 11.8. The minimum absolute atomic E-state index is 0.599. The highest BCUT2D eigenvalue weighted by Gasteiger charge is 2.28. The number of hydrogen-bond donors (Lipinski definition) is 1. The lowest BCUT2D eigenvalue weighted by atomic mass is 9.89. The molecule has 2 aromatic rings. The molecule has 3 rings (SSSR count). The van der Waals surface area contributed by atoms with Gasteiger partial charge in [-0.2, -0.15) is 5.26 Å². The minimum Gasteiger partial charge on any atom is -0.315 e. The van der Waals surface area contributed by atoms with Crippen molar-refractivity contribution in [2.24, 2.45) is 5.73 Å². The molecule has 0 aliphatic carbocycles. The Kier molecular flexibility index (Phi) is 3.69. The Morgan fingerprint density at radius 1 is 1.29 bits per heavy atom. The second-order valence-electron chi connectivity index (χ2n) is 5.42. The fraction of sp³-hybridized carbons (Fsp3) is 0.400. The number of benzene rings is 1. The summed E-state index contributed by atoms with van der Waals surface area (Å²) in [4.78, 5) is 2.27. The van der Waals surface area contributed by atoms with Crippen LogP contribution in [0.25, 0.3) is 0 Å². The molecule has 1 atom stereocenters. The number of nitrogens with two attached hydrogens (primary N) is 1. The molecule has 0 spiro atoms. The van der Waals surface area contributed by atoms with E-state index in [1.165, 1.54) is 0 Å². The molecule has 6 nitrogen and oxygen atoms in total. The lowest BCUT2D eigenvalue weighted by Crippen LogP contribution is -2.41. The summed E-state index contributed by atoms with van der Waals surface area (Å²) in [6.07, 6.45) is 2.36. The third-order valence-corrected chi connectivity index (χ3v) is 4.03. The maximum Gasteiger partial charge on any atom is 0.147 e. The highest BCUT2D eigenvalue weighted by molar-refractivity contribution is 5.30. The van der Waals surface area contributed by atoms with Gasteiger partial charge in [-0.1, -0.05) is 30.3 Å².